The van der Waals surface area contributed by atoms with Gasteiger partial charge in [-0.25, -0.2) is 0 Å². The van der Waals surface area contributed by atoms with Crippen LogP contribution >= 0.6 is 0 Å². The average Bonchev–Trinajstić information content (AvgIpc) is 3.13. The van der Waals surface area contributed by atoms with E-state index in [4.69, 9.17) is 9.40 Å². The topological polar surface area (TPSA) is 29.3 Å². The number of hydrogen-bond acceptors (Lipinski definition) is 3. The van der Waals surface area contributed by atoms with Crippen molar-refractivity contribution >= 4 is 46.3 Å². The molecule has 0 saturated carbocycles. The SMILES string of the molecule is CN(C)c1nc2c(ccc3cc4c(cc32)[Si](C)(C)c2ccccc2-4)o1. The summed E-state index contributed by atoms with van der Waals surface area (Å²) in [7, 11) is 2.24. The van der Waals surface area contributed by atoms with Crippen LogP contribution in [0.2, 0.25) is 13.1 Å². The summed E-state index contributed by atoms with van der Waals surface area (Å²) in [5, 5.41) is 5.46. The zero-order valence-electron chi connectivity index (χ0n) is 14.9. The van der Waals surface area contributed by atoms with Crippen molar-refractivity contribution in [2.45, 2.75) is 13.1 Å². The minimum absolute atomic E-state index is 0.655. The molecule has 1 aliphatic heterocycles. The Morgan fingerprint density at radius 2 is 1.72 bits per heavy atom. The average molecular weight is 344 g/mol. The number of oxazole rings is 1. The first-order valence-corrected chi connectivity index (χ1v) is 11.6. The zero-order chi connectivity index (χ0) is 17.3. The van der Waals surface area contributed by atoms with E-state index in [9.17, 15) is 0 Å². The Kier molecular flexibility index (Phi) is 2.79. The van der Waals surface area contributed by atoms with Gasteiger partial charge in [0.25, 0.3) is 6.01 Å². The number of aromatic nitrogens is 1. The van der Waals surface area contributed by atoms with E-state index in [2.05, 4.69) is 55.6 Å². The fourth-order valence-corrected chi connectivity index (χ4v) is 7.17. The zero-order valence-corrected chi connectivity index (χ0v) is 15.9. The normalized spacial score (nSPS) is 14.7. The summed E-state index contributed by atoms with van der Waals surface area (Å²) >= 11 is 0. The number of rotatable bonds is 1. The van der Waals surface area contributed by atoms with Crippen molar-refractivity contribution in [2.75, 3.05) is 19.0 Å². The molecule has 0 unspecified atom stereocenters. The molecule has 124 valence electrons. The molecule has 0 fully saturated rings. The molecule has 0 N–H and O–H groups in total. The third-order valence-electron chi connectivity index (χ3n) is 5.45. The lowest BCUT2D eigenvalue weighted by molar-refractivity contribution is 0.597. The van der Waals surface area contributed by atoms with Gasteiger partial charge in [-0.15, -0.1) is 0 Å². The van der Waals surface area contributed by atoms with Gasteiger partial charge >= 0.3 is 0 Å². The maximum atomic E-state index is 5.90. The van der Waals surface area contributed by atoms with Crippen molar-refractivity contribution in [3.63, 3.8) is 0 Å². The van der Waals surface area contributed by atoms with Crippen LogP contribution in [-0.2, 0) is 0 Å². The second-order valence-corrected chi connectivity index (χ2v) is 11.9. The predicted molar refractivity (Wildman–Crippen MR) is 108 cm³/mol. The lowest BCUT2D eigenvalue weighted by atomic mass is 10.0. The number of anilines is 1. The summed E-state index contributed by atoms with van der Waals surface area (Å²) in [6.07, 6.45) is 0. The van der Waals surface area contributed by atoms with Crippen LogP contribution < -0.4 is 15.3 Å². The highest BCUT2D eigenvalue weighted by atomic mass is 28.3. The molecule has 3 aromatic carbocycles. The van der Waals surface area contributed by atoms with E-state index in [1.54, 1.807) is 0 Å². The van der Waals surface area contributed by atoms with Crippen molar-refractivity contribution in [2.24, 2.45) is 0 Å². The molecule has 0 atom stereocenters. The number of fused-ring (bicyclic) bond motifs is 6. The molecule has 2 heterocycles. The second-order valence-electron chi connectivity index (χ2n) is 7.59. The van der Waals surface area contributed by atoms with E-state index in [0.29, 0.717) is 6.01 Å². The van der Waals surface area contributed by atoms with Crippen LogP contribution in [-0.4, -0.2) is 27.2 Å². The van der Waals surface area contributed by atoms with E-state index in [1.807, 2.05) is 25.1 Å². The van der Waals surface area contributed by atoms with Crippen LogP contribution in [0.15, 0.2) is 52.9 Å². The summed E-state index contributed by atoms with van der Waals surface area (Å²) in [5.74, 6) is 0. The Labute approximate surface area is 147 Å². The van der Waals surface area contributed by atoms with E-state index in [1.165, 1.54) is 32.3 Å². The Bertz CT molecular complexity index is 1160. The van der Waals surface area contributed by atoms with Gasteiger partial charge in [-0.3, -0.25) is 0 Å². The van der Waals surface area contributed by atoms with Crippen molar-refractivity contribution < 1.29 is 4.42 Å². The number of hydrogen-bond donors (Lipinski definition) is 0. The molecule has 0 amide bonds. The number of benzene rings is 3. The fraction of sp³-hybridized carbons (Fsp3) is 0.190. The molecular formula is C21H20N2OSi. The smallest absolute Gasteiger partial charge is 0.297 e. The molecule has 0 spiro atoms. The number of nitrogens with zero attached hydrogens (tertiary/aromatic N) is 2. The minimum atomic E-state index is -1.67. The second kappa shape index (κ2) is 4.73. The highest BCUT2D eigenvalue weighted by Gasteiger charge is 2.37. The Balaban J connectivity index is 1.87. The maximum absolute atomic E-state index is 5.90. The largest absolute Gasteiger partial charge is 0.423 e. The Hall–Kier alpha value is -2.59. The van der Waals surface area contributed by atoms with Gasteiger partial charge in [-0.2, -0.15) is 4.98 Å². The van der Waals surface area contributed by atoms with Gasteiger partial charge in [-0.05, 0) is 39.0 Å². The summed E-state index contributed by atoms with van der Waals surface area (Å²) in [6.45, 7) is 4.88. The summed E-state index contributed by atoms with van der Waals surface area (Å²) in [4.78, 5) is 6.65. The molecular weight excluding hydrogens is 324 g/mol. The first kappa shape index (κ1) is 14.7. The lowest BCUT2D eigenvalue weighted by Crippen LogP contribution is -2.49. The van der Waals surface area contributed by atoms with Crippen LogP contribution in [0.5, 0.6) is 0 Å². The van der Waals surface area contributed by atoms with Gasteiger partial charge in [0.2, 0.25) is 0 Å². The van der Waals surface area contributed by atoms with Crippen molar-refractivity contribution in [3.8, 4) is 11.1 Å². The summed E-state index contributed by atoms with van der Waals surface area (Å²) in [6, 6.07) is 18.4. The lowest BCUT2D eigenvalue weighted by Gasteiger charge is -2.19. The van der Waals surface area contributed by atoms with Gasteiger partial charge in [-0.1, -0.05) is 49.5 Å². The first-order valence-electron chi connectivity index (χ1n) is 8.62. The fourth-order valence-electron chi connectivity index (χ4n) is 4.09. The van der Waals surface area contributed by atoms with Gasteiger partial charge in [0.05, 0.1) is 0 Å². The van der Waals surface area contributed by atoms with E-state index in [-0.39, 0.29) is 0 Å². The van der Waals surface area contributed by atoms with Crippen molar-refractivity contribution in [1.29, 1.82) is 0 Å². The molecule has 1 aromatic heterocycles. The van der Waals surface area contributed by atoms with Crippen LogP contribution in [0.25, 0.3) is 33.0 Å². The van der Waals surface area contributed by atoms with Crippen molar-refractivity contribution in [3.05, 3.63) is 48.5 Å². The predicted octanol–water partition coefficient (Wildman–Crippen LogP) is 3.85. The van der Waals surface area contributed by atoms with E-state index in [0.717, 1.165) is 11.1 Å². The van der Waals surface area contributed by atoms with Gasteiger partial charge < -0.3 is 9.32 Å². The molecule has 25 heavy (non-hydrogen) atoms. The van der Waals surface area contributed by atoms with Gasteiger partial charge in [0.15, 0.2) is 5.58 Å². The van der Waals surface area contributed by atoms with Crippen LogP contribution in [0, 0.1) is 0 Å². The molecule has 4 heteroatoms. The summed E-state index contributed by atoms with van der Waals surface area (Å²) in [5.41, 5.74) is 4.62. The third kappa shape index (κ3) is 1.88. The highest BCUT2D eigenvalue weighted by molar-refractivity contribution is 7.04. The Morgan fingerprint density at radius 3 is 2.52 bits per heavy atom. The molecule has 0 radical (unpaired) electrons. The van der Waals surface area contributed by atoms with Crippen LogP contribution in [0.4, 0.5) is 6.01 Å². The Morgan fingerprint density at radius 1 is 0.920 bits per heavy atom. The third-order valence-corrected chi connectivity index (χ3v) is 8.99. The monoisotopic (exact) mass is 344 g/mol. The van der Waals surface area contributed by atoms with Crippen molar-refractivity contribution in [1.82, 2.24) is 4.98 Å². The molecule has 0 bridgehead atoms. The standard InChI is InChI=1S/C21H20N2OSi/c1-23(2)21-22-20-15-12-19-16(11-13(15)9-10-17(20)24-21)14-7-5-6-8-18(14)25(19,3)4/h5-12H,1-4H3. The van der Waals surface area contributed by atoms with E-state index >= 15 is 0 Å². The van der Waals surface area contributed by atoms with Crippen LogP contribution in [0.3, 0.4) is 0 Å². The molecule has 5 rings (SSSR count). The van der Waals surface area contributed by atoms with Crippen LogP contribution in [0.1, 0.15) is 0 Å². The minimum Gasteiger partial charge on any atom is -0.423 e. The van der Waals surface area contributed by atoms with E-state index < -0.39 is 8.07 Å². The molecule has 0 saturated heterocycles. The summed E-state index contributed by atoms with van der Waals surface area (Å²) < 4.78 is 5.90. The quantitative estimate of drug-likeness (QED) is 0.491. The highest BCUT2D eigenvalue weighted by Crippen LogP contribution is 2.34. The first-order chi connectivity index (χ1) is 12.0. The van der Waals surface area contributed by atoms with Gasteiger partial charge in [0.1, 0.15) is 13.6 Å². The molecule has 4 aromatic rings. The molecule has 3 nitrogen and oxygen atoms in total. The van der Waals surface area contributed by atoms with Gasteiger partial charge in [0, 0.05) is 19.5 Å². The molecule has 1 aliphatic rings. The maximum Gasteiger partial charge on any atom is 0.297 e. The molecule has 0 aliphatic carbocycles.